The van der Waals surface area contributed by atoms with Gasteiger partial charge < -0.3 is 9.88 Å². The second kappa shape index (κ2) is 9.56. The molecular formula is C22H31N3O. The summed E-state index contributed by atoms with van der Waals surface area (Å²) in [4.78, 5) is 16.9. The SMILES string of the molecule is C=CCn1c(CCCCCNC(=O)C2CCCCC2)nc2ccccc21. The minimum absolute atomic E-state index is 0.266. The van der Waals surface area contributed by atoms with Crippen molar-refractivity contribution in [3.63, 3.8) is 0 Å². The van der Waals surface area contributed by atoms with Gasteiger partial charge in [-0.05, 0) is 37.8 Å². The second-order valence-corrected chi connectivity index (χ2v) is 7.35. The summed E-state index contributed by atoms with van der Waals surface area (Å²) in [6.07, 6.45) is 12.0. The van der Waals surface area contributed by atoms with E-state index >= 15 is 0 Å². The van der Waals surface area contributed by atoms with E-state index < -0.39 is 0 Å². The highest BCUT2D eigenvalue weighted by Gasteiger charge is 2.20. The van der Waals surface area contributed by atoms with Gasteiger partial charge in [0.2, 0.25) is 5.91 Å². The predicted octanol–water partition coefficient (Wildman–Crippen LogP) is 4.63. The number of nitrogens with one attached hydrogen (secondary N) is 1. The number of unbranched alkanes of at least 4 members (excludes halogenated alkanes) is 2. The van der Waals surface area contributed by atoms with E-state index in [0.717, 1.165) is 63.0 Å². The lowest BCUT2D eigenvalue weighted by molar-refractivity contribution is -0.125. The highest BCUT2D eigenvalue weighted by atomic mass is 16.1. The summed E-state index contributed by atoms with van der Waals surface area (Å²) >= 11 is 0. The maximum absolute atomic E-state index is 12.1. The maximum Gasteiger partial charge on any atom is 0.223 e. The Morgan fingerprint density at radius 3 is 2.81 bits per heavy atom. The van der Waals surface area contributed by atoms with E-state index in [0.29, 0.717) is 0 Å². The summed E-state index contributed by atoms with van der Waals surface area (Å²) in [5.74, 6) is 1.68. The summed E-state index contributed by atoms with van der Waals surface area (Å²) in [5, 5.41) is 3.13. The van der Waals surface area contributed by atoms with Crippen molar-refractivity contribution < 1.29 is 4.79 Å². The molecule has 0 spiro atoms. The van der Waals surface area contributed by atoms with Crippen LogP contribution >= 0.6 is 0 Å². The molecule has 1 aromatic heterocycles. The van der Waals surface area contributed by atoms with Crippen LogP contribution in [0.3, 0.4) is 0 Å². The van der Waals surface area contributed by atoms with E-state index in [1.807, 2.05) is 12.1 Å². The van der Waals surface area contributed by atoms with Crippen LogP contribution in [0, 0.1) is 5.92 Å². The Morgan fingerprint density at radius 2 is 2.00 bits per heavy atom. The zero-order valence-corrected chi connectivity index (χ0v) is 15.8. The summed E-state index contributed by atoms with van der Waals surface area (Å²) < 4.78 is 2.26. The summed E-state index contributed by atoms with van der Waals surface area (Å²) in [5.41, 5.74) is 2.24. The van der Waals surface area contributed by atoms with E-state index in [1.165, 1.54) is 24.8 Å². The zero-order valence-electron chi connectivity index (χ0n) is 15.8. The number of benzene rings is 1. The summed E-state index contributed by atoms with van der Waals surface area (Å²) in [7, 11) is 0. The van der Waals surface area contributed by atoms with Crippen molar-refractivity contribution in [2.45, 2.75) is 64.3 Å². The van der Waals surface area contributed by atoms with Crippen LogP contribution in [-0.2, 0) is 17.8 Å². The van der Waals surface area contributed by atoms with Gasteiger partial charge in [0.15, 0.2) is 0 Å². The van der Waals surface area contributed by atoms with Crippen molar-refractivity contribution in [2.24, 2.45) is 5.92 Å². The number of hydrogen-bond acceptors (Lipinski definition) is 2. The molecule has 26 heavy (non-hydrogen) atoms. The van der Waals surface area contributed by atoms with Crippen molar-refractivity contribution in [1.29, 1.82) is 0 Å². The van der Waals surface area contributed by atoms with E-state index in [-0.39, 0.29) is 11.8 Å². The number of aryl methyl sites for hydroxylation is 1. The van der Waals surface area contributed by atoms with Gasteiger partial charge in [-0.25, -0.2) is 4.98 Å². The molecule has 1 fully saturated rings. The van der Waals surface area contributed by atoms with Crippen LogP contribution in [0.2, 0.25) is 0 Å². The van der Waals surface area contributed by atoms with Crippen LogP contribution in [0.1, 0.15) is 57.2 Å². The fourth-order valence-corrected chi connectivity index (χ4v) is 3.95. The molecule has 0 radical (unpaired) electrons. The minimum Gasteiger partial charge on any atom is -0.356 e. The number of allylic oxidation sites excluding steroid dienone is 1. The summed E-state index contributed by atoms with van der Waals surface area (Å²) in [6, 6.07) is 8.28. The van der Waals surface area contributed by atoms with E-state index in [2.05, 4.69) is 34.7 Å². The number of nitrogens with zero attached hydrogens (tertiary/aromatic N) is 2. The third-order valence-corrected chi connectivity index (χ3v) is 5.40. The van der Waals surface area contributed by atoms with E-state index in [9.17, 15) is 4.79 Å². The van der Waals surface area contributed by atoms with Gasteiger partial charge in [-0.3, -0.25) is 4.79 Å². The van der Waals surface area contributed by atoms with Crippen LogP contribution in [0.5, 0.6) is 0 Å². The topological polar surface area (TPSA) is 46.9 Å². The molecular weight excluding hydrogens is 322 g/mol. The first-order valence-electron chi connectivity index (χ1n) is 10.1. The second-order valence-electron chi connectivity index (χ2n) is 7.35. The van der Waals surface area contributed by atoms with E-state index in [4.69, 9.17) is 4.98 Å². The Hall–Kier alpha value is -2.10. The number of carbonyl (C=O) groups is 1. The van der Waals surface area contributed by atoms with Crippen molar-refractivity contribution in [3.05, 3.63) is 42.7 Å². The standard InChI is InChI=1S/C22H31N3O/c1-2-17-25-20-14-9-8-13-19(20)24-21(25)15-7-4-10-16-23-22(26)18-11-5-3-6-12-18/h2,8-9,13-14,18H,1,3-7,10-12,15-17H2,(H,23,26). The first kappa shape index (κ1) is 18.7. The van der Waals surface area contributed by atoms with Gasteiger partial charge in [0.25, 0.3) is 0 Å². The van der Waals surface area contributed by atoms with Gasteiger partial charge >= 0.3 is 0 Å². The lowest BCUT2D eigenvalue weighted by Crippen LogP contribution is -2.32. The highest BCUT2D eigenvalue weighted by molar-refractivity contribution is 5.78. The number of amides is 1. The molecule has 140 valence electrons. The lowest BCUT2D eigenvalue weighted by atomic mass is 9.89. The van der Waals surface area contributed by atoms with Gasteiger partial charge in [-0.15, -0.1) is 6.58 Å². The first-order chi connectivity index (χ1) is 12.8. The number of carbonyl (C=O) groups excluding carboxylic acids is 1. The third-order valence-electron chi connectivity index (χ3n) is 5.40. The molecule has 0 bridgehead atoms. The molecule has 2 aromatic rings. The molecule has 0 unspecified atom stereocenters. The van der Waals surface area contributed by atoms with Gasteiger partial charge in [-0.2, -0.15) is 0 Å². The minimum atomic E-state index is 0.266. The Morgan fingerprint density at radius 1 is 1.19 bits per heavy atom. The third kappa shape index (κ3) is 4.75. The molecule has 1 aliphatic carbocycles. The number of imidazole rings is 1. The average molecular weight is 354 g/mol. The van der Waals surface area contributed by atoms with Crippen LogP contribution in [-0.4, -0.2) is 22.0 Å². The van der Waals surface area contributed by atoms with Crippen LogP contribution in [0.15, 0.2) is 36.9 Å². The number of hydrogen-bond donors (Lipinski definition) is 1. The van der Waals surface area contributed by atoms with Crippen molar-refractivity contribution >= 4 is 16.9 Å². The molecule has 1 heterocycles. The maximum atomic E-state index is 12.1. The number of rotatable bonds is 9. The van der Waals surface area contributed by atoms with Gasteiger partial charge in [-0.1, -0.05) is 43.9 Å². The predicted molar refractivity (Wildman–Crippen MR) is 107 cm³/mol. The Kier molecular flexibility index (Phi) is 6.87. The molecule has 1 aromatic carbocycles. The smallest absolute Gasteiger partial charge is 0.223 e. The quantitative estimate of drug-likeness (QED) is 0.528. The van der Waals surface area contributed by atoms with Crippen LogP contribution in [0.25, 0.3) is 11.0 Å². The van der Waals surface area contributed by atoms with Crippen LogP contribution in [0.4, 0.5) is 0 Å². The molecule has 0 saturated heterocycles. The van der Waals surface area contributed by atoms with Gasteiger partial charge in [0.05, 0.1) is 11.0 Å². The Balaban J connectivity index is 1.41. The molecule has 1 aliphatic rings. The molecule has 0 aliphatic heterocycles. The van der Waals surface area contributed by atoms with Gasteiger partial charge in [0, 0.05) is 25.4 Å². The average Bonchev–Trinajstić information content (AvgIpc) is 3.03. The largest absolute Gasteiger partial charge is 0.356 e. The molecule has 4 heteroatoms. The fourth-order valence-electron chi connectivity index (χ4n) is 3.95. The number of aromatic nitrogens is 2. The molecule has 1 N–H and O–H groups in total. The zero-order chi connectivity index (χ0) is 18.2. The van der Waals surface area contributed by atoms with Crippen molar-refractivity contribution in [2.75, 3.05) is 6.54 Å². The molecule has 3 rings (SSSR count). The van der Waals surface area contributed by atoms with E-state index in [1.54, 1.807) is 0 Å². The Labute approximate surface area is 156 Å². The fraction of sp³-hybridized carbons (Fsp3) is 0.545. The van der Waals surface area contributed by atoms with Crippen molar-refractivity contribution in [1.82, 2.24) is 14.9 Å². The monoisotopic (exact) mass is 353 g/mol. The highest BCUT2D eigenvalue weighted by Crippen LogP contribution is 2.23. The first-order valence-corrected chi connectivity index (χ1v) is 10.1. The molecule has 0 atom stereocenters. The van der Waals surface area contributed by atoms with Gasteiger partial charge in [0.1, 0.15) is 5.82 Å². The molecule has 1 saturated carbocycles. The van der Waals surface area contributed by atoms with Crippen molar-refractivity contribution in [3.8, 4) is 0 Å². The normalized spacial score (nSPS) is 15.2. The number of para-hydroxylation sites is 2. The molecule has 4 nitrogen and oxygen atoms in total. The van der Waals surface area contributed by atoms with Crippen LogP contribution < -0.4 is 5.32 Å². The summed E-state index contributed by atoms with van der Waals surface area (Å²) in [6.45, 7) is 5.47. The lowest BCUT2D eigenvalue weighted by Gasteiger charge is -2.20. The molecule has 1 amide bonds. The number of fused-ring (bicyclic) bond motifs is 1. The Bertz CT molecular complexity index is 728.